The van der Waals surface area contributed by atoms with Crippen LogP contribution in [-0.2, 0) is 10.0 Å². The van der Waals surface area contributed by atoms with Crippen molar-refractivity contribution in [1.29, 1.82) is 0 Å². The molecule has 0 aliphatic rings. The van der Waals surface area contributed by atoms with Gasteiger partial charge in [-0.1, -0.05) is 57.4 Å². The summed E-state index contributed by atoms with van der Waals surface area (Å²) in [6.07, 6.45) is 1.49. The number of halogens is 3. The van der Waals surface area contributed by atoms with Crippen molar-refractivity contribution in [1.82, 2.24) is 3.97 Å². The number of fused-ring (bicyclic) bond motifs is 1. The van der Waals surface area contributed by atoms with Gasteiger partial charge in [-0.05, 0) is 43.3 Å². The first-order valence-electron chi connectivity index (χ1n) is 8.36. The molecule has 1 heterocycles. The molecule has 0 saturated heterocycles. The molecule has 0 unspecified atom stereocenters. The number of nitrogens with zero attached hydrogens (tertiary/aromatic N) is 1. The minimum atomic E-state index is -3.84. The molecule has 1 aromatic heterocycles. The van der Waals surface area contributed by atoms with Crippen LogP contribution in [0.5, 0.6) is 0 Å². The zero-order chi connectivity index (χ0) is 20.1. The highest BCUT2D eigenvalue weighted by Crippen LogP contribution is 2.38. The molecule has 142 valence electrons. The van der Waals surface area contributed by atoms with Crippen molar-refractivity contribution in [2.75, 3.05) is 0 Å². The van der Waals surface area contributed by atoms with E-state index < -0.39 is 15.8 Å². The van der Waals surface area contributed by atoms with Crippen molar-refractivity contribution in [3.63, 3.8) is 0 Å². The van der Waals surface area contributed by atoms with E-state index >= 15 is 0 Å². The monoisotopic (exact) mass is 477 g/mol. The zero-order valence-corrected chi connectivity index (χ0v) is 17.8. The number of hydrogen-bond acceptors (Lipinski definition) is 2. The van der Waals surface area contributed by atoms with E-state index in [4.69, 9.17) is 11.6 Å². The topological polar surface area (TPSA) is 39.1 Å². The summed E-state index contributed by atoms with van der Waals surface area (Å²) in [4.78, 5) is 0.176. The van der Waals surface area contributed by atoms with Gasteiger partial charge in [-0.2, -0.15) is 0 Å². The molecule has 0 amide bonds. The van der Waals surface area contributed by atoms with Gasteiger partial charge in [0.2, 0.25) is 0 Å². The lowest BCUT2D eigenvalue weighted by atomic mass is 10.0. The lowest BCUT2D eigenvalue weighted by Crippen LogP contribution is -2.11. The molecule has 0 fully saturated rings. The van der Waals surface area contributed by atoms with E-state index in [9.17, 15) is 12.8 Å². The first-order chi connectivity index (χ1) is 13.3. The number of hydrogen-bond donors (Lipinski definition) is 0. The minimum absolute atomic E-state index is 0.0470. The van der Waals surface area contributed by atoms with Crippen LogP contribution >= 0.6 is 27.5 Å². The van der Waals surface area contributed by atoms with Gasteiger partial charge in [0.15, 0.2) is 0 Å². The Hall–Kier alpha value is -2.15. The molecule has 4 rings (SSSR count). The smallest absolute Gasteiger partial charge is 0.241 e. The quantitative estimate of drug-likeness (QED) is 0.341. The summed E-state index contributed by atoms with van der Waals surface area (Å²) < 4.78 is 42.6. The van der Waals surface area contributed by atoms with Crippen molar-refractivity contribution in [3.8, 4) is 11.1 Å². The van der Waals surface area contributed by atoms with Gasteiger partial charge in [-0.3, -0.25) is 0 Å². The second-order valence-corrected chi connectivity index (χ2v) is 9.53. The summed E-state index contributed by atoms with van der Waals surface area (Å²) in [7, 11) is -3.84. The average molecular weight is 479 g/mol. The van der Waals surface area contributed by atoms with E-state index in [0.717, 1.165) is 10.0 Å². The van der Waals surface area contributed by atoms with Crippen LogP contribution in [-0.4, -0.2) is 12.4 Å². The van der Waals surface area contributed by atoms with Crippen LogP contribution in [0, 0.1) is 12.7 Å². The van der Waals surface area contributed by atoms with Crippen LogP contribution in [0.3, 0.4) is 0 Å². The standard InChI is InChI=1S/C21H14BrClFNO2S/c1-13-5-8-15(9-6-13)28(26,27)25-12-18(16-3-2-4-19(24)21(16)23)17-11-14(22)7-10-20(17)25/h2-12H,1H3. The Labute approximate surface area is 175 Å². The highest BCUT2D eigenvalue weighted by atomic mass is 79.9. The number of rotatable bonds is 3. The molecule has 0 saturated carbocycles. The van der Waals surface area contributed by atoms with Gasteiger partial charge in [0.1, 0.15) is 5.82 Å². The molecule has 0 aliphatic carbocycles. The Bertz CT molecular complexity index is 1310. The van der Waals surface area contributed by atoms with Gasteiger partial charge >= 0.3 is 0 Å². The Morgan fingerprint density at radius 3 is 2.43 bits per heavy atom. The molecular weight excluding hydrogens is 465 g/mol. The maximum Gasteiger partial charge on any atom is 0.268 e. The summed E-state index contributed by atoms with van der Waals surface area (Å²) >= 11 is 9.60. The largest absolute Gasteiger partial charge is 0.268 e. The van der Waals surface area contributed by atoms with E-state index in [0.29, 0.717) is 22.0 Å². The van der Waals surface area contributed by atoms with Gasteiger partial charge in [0.25, 0.3) is 10.0 Å². The lowest BCUT2D eigenvalue weighted by Gasteiger charge is -2.08. The first-order valence-corrected chi connectivity index (χ1v) is 11.0. The number of benzene rings is 3. The molecule has 4 aromatic rings. The van der Waals surface area contributed by atoms with Gasteiger partial charge in [-0.25, -0.2) is 16.8 Å². The SMILES string of the molecule is Cc1ccc(S(=O)(=O)n2cc(-c3cccc(F)c3Cl)c3cc(Br)ccc32)cc1. The zero-order valence-electron chi connectivity index (χ0n) is 14.7. The van der Waals surface area contributed by atoms with Crippen LogP contribution in [0.25, 0.3) is 22.0 Å². The number of aromatic nitrogens is 1. The van der Waals surface area contributed by atoms with Crippen LogP contribution in [0.4, 0.5) is 4.39 Å². The molecule has 28 heavy (non-hydrogen) atoms. The van der Waals surface area contributed by atoms with E-state index in [1.54, 1.807) is 54.6 Å². The second kappa shape index (κ2) is 7.03. The second-order valence-electron chi connectivity index (χ2n) is 6.42. The molecule has 3 nitrogen and oxygen atoms in total. The van der Waals surface area contributed by atoms with Crippen molar-refractivity contribution >= 4 is 48.5 Å². The number of aryl methyl sites for hydroxylation is 1. The van der Waals surface area contributed by atoms with E-state index in [2.05, 4.69) is 15.9 Å². The third-order valence-corrected chi connectivity index (χ3v) is 7.12. The van der Waals surface area contributed by atoms with Crippen LogP contribution < -0.4 is 0 Å². The van der Waals surface area contributed by atoms with Crippen LogP contribution in [0.1, 0.15) is 5.56 Å². The molecule has 7 heteroatoms. The Morgan fingerprint density at radius 1 is 1.00 bits per heavy atom. The molecule has 0 spiro atoms. The van der Waals surface area contributed by atoms with Crippen molar-refractivity contribution in [2.45, 2.75) is 11.8 Å². The summed E-state index contributed by atoms with van der Waals surface area (Å²) in [5.41, 5.74) is 2.42. The molecule has 3 aromatic carbocycles. The molecule has 0 bridgehead atoms. The highest BCUT2D eigenvalue weighted by Gasteiger charge is 2.23. The third kappa shape index (κ3) is 3.15. The highest BCUT2D eigenvalue weighted by molar-refractivity contribution is 9.10. The summed E-state index contributed by atoms with van der Waals surface area (Å²) in [5, 5.41) is 0.604. The average Bonchev–Trinajstić information content (AvgIpc) is 3.03. The lowest BCUT2D eigenvalue weighted by molar-refractivity contribution is 0.589. The third-order valence-electron chi connectivity index (χ3n) is 4.55. The summed E-state index contributed by atoms with van der Waals surface area (Å²) in [5.74, 6) is -0.559. The molecule has 0 radical (unpaired) electrons. The Morgan fingerprint density at radius 2 is 1.71 bits per heavy atom. The Kier molecular flexibility index (Phi) is 4.81. The molecule has 0 atom stereocenters. The fourth-order valence-electron chi connectivity index (χ4n) is 3.12. The fourth-order valence-corrected chi connectivity index (χ4v) is 5.08. The Balaban J connectivity index is 2.04. The van der Waals surface area contributed by atoms with Crippen molar-refractivity contribution < 1.29 is 12.8 Å². The van der Waals surface area contributed by atoms with E-state index in [1.165, 1.54) is 16.2 Å². The fraction of sp³-hybridized carbons (Fsp3) is 0.0476. The molecule has 0 N–H and O–H groups in total. The van der Waals surface area contributed by atoms with Crippen LogP contribution in [0.15, 0.2) is 76.2 Å². The summed E-state index contributed by atoms with van der Waals surface area (Å²) in [6, 6.07) is 16.4. The molecule has 0 aliphatic heterocycles. The van der Waals surface area contributed by atoms with Gasteiger partial charge in [-0.15, -0.1) is 0 Å². The predicted octanol–water partition coefficient (Wildman–Crippen LogP) is 6.41. The maximum atomic E-state index is 14.0. The normalized spacial score (nSPS) is 11.9. The van der Waals surface area contributed by atoms with E-state index in [-0.39, 0.29) is 9.92 Å². The molecular formula is C21H14BrClFNO2S. The van der Waals surface area contributed by atoms with Crippen molar-refractivity contribution in [3.05, 3.63) is 87.7 Å². The van der Waals surface area contributed by atoms with E-state index in [1.807, 2.05) is 6.92 Å². The van der Waals surface area contributed by atoms with Crippen molar-refractivity contribution in [2.24, 2.45) is 0 Å². The minimum Gasteiger partial charge on any atom is -0.241 e. The van der Waals surface area contributed by atoms with Gasteiger partial charge in [0, 0.05) is 27.2 Å². The maximum absolute atomic E-state index is 14.0. The summed E-state index contributed by atoms with van der Waals surface area (Å²) in [6.45, 7) is 1.89. The van der Waals surface area contributed by atoms with Gasteiger partial charge in [0.05, 0.1) is 15.4 Å². The van der Waals surface area contributed by atoms with Gasteiger partial charge < -0.3 is 0 Å². The predicted molar refractivity (Wildman–Crippen MR) is 114 cm³/mol. The first kappa shape index (κ1) is 19.2. The van der Waals surface area contributed by atoms with Crippen LogP contribution in [0.2, 0.25) is 5.02 Å².